The summed E-state index contributed by atoms with van der Waals surface area (Å²) in [6.07, 6.45) is 0.505. The number of ether oxygens (including phenoxy) is 1. The minimum Gasteiger partial charge on any atom is -0.497 e. The number of hydrogen-bond donors (Lipinski definition) is 1. The smallest absolute Gasteiger partial charge is 0.246 e. The topological polar surface area (TPSA) is 65.6 Å². The number of fused-ring (bicyclic) bond motifs is 4. The molecule has 1 aromatic heterocycles. The van der Waals surface area contributed by atoms with Crippen molar-refractivity contribution in [1.82, 2.24) is 14.8 Å². The van der Waals surface area contributed by atoms with Gasteiger partial charge >= 0.3 is 0 Å². The van der Waals surface area contributed by atoms with E-state index in [9.17, 15) is 9.59 Å². The van der Waals surface area contributed by atoms with E-state index < -0.39 is 6.04 Å². The Balaban J connectivity index is 1.43. The summed E-state index contributed by atoms with van der Waals surface area (Å²) in [5.74, 6) is 0.733. The zero-order valence-electron chi connectivity index (χ0n) is 19.8. The minimum absolute atomic E-state index is 0.00469. The highest BCUT2D eigenvalue weighted by atomic mass is 16.5. The van der Waals surface area contributed by atoms with Gasteiger partial charge in [0, 0.05) is 29.6 Å². The summed E-state index contributed by atoms with van der Waals surface area (Å²) >= 11 is 0. The fourth-order valence-electron chi connectivity index (χ4n) is 5.63. The highest BCUT2D eigenvalue weighted by Gasteiger charge is 2.48. The molecule has 35 heavy (non-hydrogen) atoms. The highest BCUT2D eigenvalue weighted by molar-refractivity contribution is 5.97. The SMILES string of the molecule is COc1ccc(CN2CC(=O)N3C(c4ccccc4C)c4[nH]c5ccccc5c4C[C@H]3C2=O)cc1. The van der Waals surface area contributed by atoms with Gasteiger partial charge in [0.25, 0.3) is 0 Å². The van der Waals surface area contributed by atoms with Crippen LogP contribution < -0.4 is 4.74 Å². The van der Waals surface area contributed by atoms with Crippen molar-refractivity contribution in [3.63, 3.8) is 0 Å². The predicted octanol–water partition coefficient (Wildman–Crippen LogP) is 4.37. The Morgan fingerprint density at radius 1 is 0.971 bits per heavy atom. The maximum absolute atomic E-state index is 13.9. The van der Waals surface area contributed by atoms with E-state index >= 15 is 0 Å². The van der Waals surface area contributed by atoms with Gasteiger partial charge in [-0.3, -0.25) is 9.59 Å². The van der Waals surface area contributed by atoms with Crippen LogP contribution in [0.1, 0.15) is 34.0 Å². The third kappa shape index (κ3) is 3.48. The number of aryl methyl sites for hydroxylation is 1. The first kappa shape index (κ1) is 21.5. The summed E-state index contributed by atoms with van der Waals surface area (Å²) in [6.45, 7) is 2.53. The summed E-state index contributed by atoms with van der Waals surface area (Å²) in [5.41, 5.74) is 6.30. The van der Waals surface area contributed by atoms with Crippen molar-refractivity contribution >= 4 is 22.7 Å². The third-order valence-corrected chi connectivity index (χ3v) is 7.36. The van der Waals surface area contributed by atoms with E-state index in [1.165, 1.54) is 0 Å². The number of nitrogens with one attached hydrogen (secondary N) is 1. The number of hydrogen-bond acceptors (Lipinski definition) is 3. The van der Waals surface area contributed by atoms with Crippen LogP contribution in [0.25, 0.3) is 10.9 Å². The van der Waals surface area contributed by atoms with Crippen molar-refractivity contribution < 1.29 is 14.3 Å². The molecule has 2 aliphatic heterocycles. The molecule has 1 saturated heterocycles. The van der Waals surface area contributed by atoms with Crippen molar-refractivity contribution in [1.29, 1.82) is 0 Å². The van der Waals surface area contributed by atoms with E-state index in [2.05, 4.69) is 36.2 Å². The molecule has 0 saturated carbocycles. The van der Waals surface area contributed by atoms with Crippen LogP contribution in [0.5, 0.6) is 5.75 Å². The van der Waals surface area contributed by atoms with Crippen LogP contribution in [0, 0.1) is 6.92 Å². The molecule has 0 aliphatic carbocycles. The number of piperazine rings is 1. The Hall–Kier alpha value is -4.06. The number of nitrogens with zero attached hydrogens (tertiary/aromatic N) is 2. The average Bonchev–Trinajstić information content (AvgIpc) is 3.25. The molecule has 0 bridgehead atoms. The number of benzene rings is 3. The molecule has 1 N–H and O–H groups in total. The van der Waals surface area contributed by atoms with E-state index in [1.807, 2.05) is 53.4 Å². The van der Waals surface area contributed by atoms with Gasteiger partial charge in [-0.2, -0.15) is 0 Å². The van der Waals surface area contributed by atoms with Gasteiger partial charge in [0.15, 0.2) is 0 Å². The number of para-hydroxylation sites is 1. The van der Waals surface area contributed by atoms with Gasteiger partial charge in [-0.05, 0) is 47.4 Å². The van der Waals surface area contributed by atoms with E-state index in [0.29, 0.717) is 13.0 Å². The Morgan fingerprint density at radius 3 is 2.49 bits per heavy atom. The lowest BCUT2D eigenvalue weighted by molar-refractivity contribution is -0.159. The normalized spacial score (nSPS) is 19.6. The zero-order valence-corrected chi connectivity index (χ0v) is 19.8. The fraction of sp³-hybridized carbons (Fsp3) is 0.241. The Labute approximate surface area is 204 Å². The second-order valence-corrected chi connectivity index (χ2v) is 9.39. The van der Waals surface area contributed by atoms with Crippen molar-refractivity contribution in [2.24, 2.45) is 0 Å². The summed E-state index contributed by atoms with van der Waals surface area (Å²) < 4.78 is 5.25. The standard InChI is InChI=1S/C29H27N3O3/c1-18-7-3-4-8-21(18)28-27-23(22-9-5-6-10-24(22)30-27)15-25-29(34)31(17-26(33)32(25)28)16-19-11-13-20(35-2)14-12-19/h3-14,25,28,30H,15-17H2,1-2H3/t25-,28?/m0/s1. The lowest BCUT2D eigenvalue weighted by Gasteiger charge is -2.47. The first-order chi connectivity index (χ1) is 17.0. The second kappa shape index (κ2) is 8.31. The van der Waals surface area contributed by atoms with Crippen molar-refractivity contribution in [3.05, 3.63) is 101 Å². The maximum atomic E-state index is 13.9. The van der Waals surface area contributed by atoms with Gasteiger partial charge in [0.2, 0.25) is 11.8 Å². The molecule has 6 nitrogen and oxygen atoms in total. The molecule has 0 spiro atoms. The second-order valence-electron chi connectivity index (χ2n) is 9.39. The first-order valence-electron chi connectivity index (χ1n) is 11.9. The summed E-state index contributed by atoms with van der Waals surface area (Å²) in [6, 6.07) is 23.1. The van der Waals surface area contributed by atoms with Crippen molar-refractivity contribution in [2.45, 2.75) is 32.0 Å². The number of carbonyl (C=O) groups is 2. The Bertz CT molecular complexity index is 1440. The lowest BCUT2D eigenvalue weighted by atomic mass is 9.85. The van der Waals surface area contributed by atoms with E-state index in [1.54, 1.807) is 12.0 Å². The molecule has 3 aromatic carbocycles. The number of carbonyl (C=O) groups excluding carboxylic acids is 2. The van der Waals surface area contributed by atoms with Crippen LogP contribution in [0.3, 0.4) is 0 Å². The van der Waals surface area contributed by atoms with Gasteiger partial charge in [-0.25, -0.2) is 0 Å². The number of rotatable bonds is 4. The quantitative estimate of drug-likeness (QED) is 0.487. The number of H-pyrrole nitrogens is 1. The molecule has 0 radical (unpaired) electrons. The minimum atomic E-state index is -0.536. The van der Waals surface area contributed by atoms with Crippen molar-refractivity contribution in [3.8, 4) is 5.75 Å². The average molecular weight is 466 g/mol. The van der Waals surface area contributed by atoms with Crippen LogP contribution in [-0.2, 0) is 22.6 Å². The van der Waals surface area contributed by atoms with E-state index in [4.69, 9.17) is 4.74 Å². The molecule has 2 atom stereocenters. The summed E-state index contributed by atoms with van der Waals surface area (Å²) in [7, 11) is 1.63. The number of amides is 2. The van der Waals surface area contributed by atoms with Crippen LogP contribution >= 0.6 is 0 Å². The van der Waals surface area contributed by atoms with Crippen molar-refractivity contribution in [2.75, 3.05) is 13.7 Å². The van der Waals surface area contributed by atoms with Crippen LogP contribution in [0.2, 0.25) is 0 Å². The van der Waals surface area contributed by atoms with Crippen LogP contribution in [0.15, 0.2) is 72.8 Å². The zero-order chi connectivity index (χ0) is 24.1. The molecule has 6 rings (SSSR count). The molecule has 176 valence electrons. The summed E-state index contributed by atoms with van der Waals surface area (Å²) in [4.78, 5) is 34.7. The van der Waals surface area contributed by atoms with Crippen LogP contribution in [0.4, 0.5) is 0 Å². The van der Waals surface area contributed by atoms with Gasteiger partial charge < -0.3 is 19.5 Å². The molecular weight excluding hydrogens is 438 g/mol. The largest absolute Gasteiger partial charge is 0.497 e. The molecule has 2 amide bonds. The Kier molecular flexibility index (Phi) is 5.10. The highest BCUT2D eigenvalue weighted by Crippen LogP contribution is 2.43. The number of aromatic amines is 1. The molecular formula is C29H27N3O3. The monoisotopic (exact) mass is 465 g/mol. The summed E-state index contributed by atoms with van der Waals surface area (Å²) in [5, 5.41) is 1.12. The van der Waals surface area contributed by atoms with Gasteiger partial charge in [-0.1, -0.05) is 54.6 Å². The molecule has 1 fully saturated rings. The maximum Gasteiger partial charge on any atom is 0.246 e. The number of aromatic nitrogens is 1. The molecule has 1 unspecified atom stereocenters. The third-order valence-electron chi connectivity index (χ3n) is 7.36. The number of methoxy groups -OCH3 is 1. The predicted molar refractivity (Wildman–Crippen MR) is 134 cm³/mol. The molecule has 4 aromatic rings. The lowest BCUT2D eigenvalue weighted by Crippen LogP contribution is -2.62. The van der Waals surface area contributed by atoms with Crippen LogP contribution in [-0.4, -0.2) is 46.3 Å². The fourth-order valence-corrected chi connectivity index (χ4v) is 5.63. The van der Waals surface area contributed by atoms with E-state index in [-0.39, 0.29) is 24.4 Å². The van der Waals surface area contributed by atoms with Gasteiger partial charge in [0.05, 0.1) is 13.2 Å². The molecule has 3 heterocycles. The molecule has 6 heteroatoms. The molecule has 2 aliphatic rings. The Morgan fingerprint density at radius 2 is 1.71 bits per heavy atom. The first-order valence-corrected chi connectivity index (χ1v) is 11.9. The van der Waals surface area contributed by atoms with E-state index in [0.717, 1.165) is 44.6 Å². The van der Waals surface area contributed by atoms with Gasteiger partial charge in [-0.15, -0.1) is 0 Å². The van der Waals surface area contributed by atoms with Gasteiger partial charge in [0.1, 0.15) is 18.3 Å².